The number of alkyl halides is 1. The Morgan fingerprint density at radius 1 is 1.10 bits per heavy atom. The summed E-state index contributed by atoms with van der Waals surface area (Å²) in [5.74, 6) is 0.759. The zero-order chi connectivity index (χ0) is 21.1. The monoisotopic (exact) mass is 458 g/mol. The Morgan fingerprint density at radius 3 is 2.43 bits per heavy atom. The molecule has 2 aromatic carbocycles. The number of carbonyl (C=O) groups is 1. The second-order valence-electron chi connectivity index (χ2n) is 6.26. The lowest BCUT2D eigenvalue weighted by molar-refractivity contribution is -0.114. The van der Waals surface area contributed by atoms with Crippen LogP contribution in [0.4, 0.5) is 5.82 Å². The van der Waals surface area contributed by atoms with E-state index in [1.54, 1.807) is 17.9 Å². The van der Waals surface area contributed by atoms with E-state index >= 15 is 0 Å². The molecule has 0 saturated heterocycles. The minimum atomic E-state index is -0.325. The molecule has 2 heterocycles. The third-order valence-electron chi connectivity index (χ3n) is 4.30. The van der Waals surface area contributed by atoms with Crippen molar-refractivity contribution in [3.05, 3.63) is 65.0 Å². The Labute approximate surface area is 187 Å². The Kier molecular flexibility index (Phi) is 6.03. The fraction of sp³-hybridized carbons (Fsp3) is 0.0952. The van der Waals surface area contributed by atoms with Crippen LogP contribution in [0.1, 0.15) is 0 Å². The van der Waals surface area contributed by atoms with Crippen LogP contribution in [-0.2, 0) is 4.79 Å². The molecule has 9 heteroatoms. The molecule has 0 saturated carbocycles. The first-order valence-electron chi connectivity index (χ1n) is 8.89. The number of hydrogen-bond acceptors (Lipinski definition) is 5. The number of benzene rings is 2. The molecule has 152 valence electrons. The molecule has 0 atom stereocenters. The highest BCUT2D eigenvalue weighted by Crippen LogP contribution is 2.30. The van der Waals surface area contributed by atoms with Gasteiger partial charge in [-0.2, -0.15) is 9.78 Å². The van der Waals surface area contributed by atoms with E-state index in [1.807, 2.05) is 53.9 Å². The number of nitrogens with one attached hydrogen (secondary N) is 1. The van der Waals surface area contributed by atoms with Crippen molar-refractivity contribution in [2.24, 2.45) is 0 Å². The highest BCUT2D eigenvalue weighted by molar-refractivity contribution is 7.12. The van der Waals surface area contributed by atoms with Crippen LogP contribution in [0, 0.1) is 0 Å². The fourth-order valence-corrected chi connectivity index (χ4v) is 3.80. The van der Waals surface area contributed by atoms with Crippen molar-refractivity contribution in [3.63, 3.8) is 0 Å². The van der Waals surface area contributed by atoms with Gasteiger partial charge in [-0.05, 0) is 36.4 Å². The first kappa shape index (κ1) is 20.4. The highest BCUT2D eigenvalue weighted by Gasteiger charge is 2.16. The SMILES string of the molecule is COc1ccc(-c2cc(NC(=O)CCl)n(-c3nc(-c4ccc(Cl)cc4)cs3)n2)cc1. The van der Waals surface area contributed by atoms with E-state index in [9.17, 15) is 4.79 Å². The number of ether oxygens (including phenoxy) is 1. The van der Waals surface area contributed by atoms with Crippen molar-refractivity contribution < 1.29 is 9.53 Å². The Balaban J connectivity index is 1.73. The molecule has 0 aliphatic rings. The van der Waals surface area contributed by atoms with E-state index in [0.29, 0.717) is 21.7 Å². The lowest BCUT2D eigenvalue weighted by Gasteiger charge is -2.04. The number of amides is 1. The van der Waals surface area contributed by atoms with Gasteiger partial charge in [0.1, 0.15) is 17.4 Å². The molecule has 2 aromatic heterocycles. The van der Waals surface area contributed by atoms with Crippen molar-refractivity contribution in [3.8, 4) is 33.4 Å². The minimum absolute atomic E-state index is 0.156. The van der Waals surface area contributed by atoms with Gasteiger partial charge in [-0.1, -0.05) is 23.7 Å². The molecule has 4 rings (SSSR count). The molecular weight excluding hydrogens is 443 g/mol. The zero-order valence-electron chi connectivity index (χ0n) is 15.8. The predicted molar refractivity (Wildman–Crippen MR) is 121 cm³/mol. The van der Waals surface area contributed by atoms with Gasteiger partial charge in [-0.3, -0.25) is 4.79 Å². The summed E-state index contributed by atoms with van der Waals surface area (Å²) in [4.78, 5) is 16.6. The third kappa shape index (κ3) is 4.33. The zero-order valence-corrected chi connectivity index (χ0v) is 18.1. The average Bonchev–Trinajstić information content (AvgIpc) is 3.41. The number of anilines is 1. The van der Waals surface area contributed by atoms with Crippen LogP contribution in [0.3, 0.4) is 0 Å². The summed E-state index contributed by atoms with van der Waals surface area (Å²) < 4.78 is 6.81. The van der Waals surface area contributed by atoms with Gasteiger partial charge >= 0.3 is 0 Å². The Bertz CT molecular complexity index is 1170. The molecule has 0 fully saturated rings. The lowest BCUT2D eigenvalue weighted by Crippen LogP contribution is -2.15. The molecule has 0 aliphatic heterocycles. The van der Waals surface area contributed by atoms with E-state index < -0.39 is 0 Å². The summed E-state index contributed by atoms with van der Waals surface area (Å²) in [5, 5.41) is 10.7. The number of methoxy groups -OCH3 is 1. The van der Waals surface area contributed by atoms with Crippen LogP contribution >= 0.6 is 34.5 Å². The second-order valence-corrected chi connectivity index (χ2v) is 7.80. The summed E-state index contributed by atoms with van der Waals surface area (Å²) in [6, 6.07) is 16.7. The van der Waals surface area contributed by atoms with E-state index in [-0.39, 0.29) is 11.8 Å². The number of carbonyl (C=O) groups excluding carboxylic acids is 1. The van der Waals surface area contributed by atoms with Crippen molar-refractivity contribution >= 4 is 46.3 Å². The molecule has 0 spiro atoms. The van der Waals surface area contributed by atoms with Gasteiger partial charge in [0, 0.05) is 27.6 Å². The smallest absolute Gasteiger partial charge is 0.240 e. The van der Waals surface area contributed by atoms with Gasteiger partial charge in [0.25, 0.3) is 0 Å². The molecule has 1 amide bonds. The van der Waals surface area contributed by atoms with E-state index in [4.69, 9.17) is 27.9 Å². The normalized spacial score (nSPS) is 10.8. The van der Waals surface area contributed by atoms with Crippen molar-refractivity contribution in [2.45, 2.75) is 0 Å². The first-order chi connectivity index (χ1) is 14.6. The van der Waals surface area contributed by atoms with Crippen LogP contribution in [0.5, 0.6) is 5.75 Å². The summed E-state index contributed by atoms with van der Waals surface area (Å²) in [6.45, 7) is 0. The molecule has 6 nitrogen and oxygen atoms in total. The molecule has 4 aromatic rings. The lowest BCUT2D eigenvalue weighted by atomic mass is 10.1. The van der Waals surface area contributed by atoms with Gasteiger partial charge in [-0.15, -0.1) is 22.9 Å². The summed E-state index contributed by atoms with van der Waals surface area (Å²) >= 11 is 13.1. The molecule has 0 unspecified atom stereocenters. The number of halogens is 2. The van der Waals surface area contributed by atoms with Crippen LogP contribution in [0.2, 0.25) is 5.02 Å². The number of rotatable bonds is 6. The standard InChI is InChI=1S/C21H16Cl2N4O2S/c1-29-16-8-4-13(5-9-16)17-10-19(25-20(28)11-22)27(26-17)21-24-18(12-30-21)14-2-6-15(23)7-3-14/h2-10,12H,11H2,1H3,(H,25,28). The van der Waals surface area contributed by atoms with Gasteiger partial charge < -0.3 is 10.1 Å². The van der Waals surface area contributed by atoms with Gasteiger partial charge in [0.15, 0.2) is 0 Å². The predicted octanol–water partition coefficient (Wildman–Crippen LogP) is 5.50. The molecule has 30 heavy (non-hydrogen) atoms. The number of thiazole rings is 1. The summed E-state index contributed by atoms with van der Waals surface area (Å²) in [6.07, 6.45) is 0. The second kappa shape index (κ2) is 8.87. The Hall–Kier alpha value is -2.87. The molecule has 1 N–H and O–H groups in total. The Morgan fingerprint density at radius 2 is 1.77 bits per heavy atom. The largest absolute Gasteiger partial charge is 0.497 e. The summed E-state index contributed by atoms with van der Waals surface area (Å²) in [5.41, 5.74) is 3.30. The van der Waals surface area contributed by atoms with E-state index in [0.717, 1.165) is 22.6 Å². The van der Waals surface area contributed by atoms with Crippen molar-refractivity contribution in [1.82, 2.24) is 14.8 Å². The van der Waals surface area contributed by atoms with Gasteiger partial charge in [0.2, 0.25) is 11.0 Å². The van der Waals surface area contributed by atoms with Crippen LogP contribution in [0.25, 0.3) is 27.6 Å². The van der Waals surface area contributed by atoms with Crippen molar-refractivity contribution in [2.75, 3.05) is 18.3 Å². The van der Waals surface area contributed by atoms with Crippen molar-refractivity contribution in [1.29, 1.82) is 0 Å². The number of nitrogens with zero attached hydrogens (tertiary/aromatic N) is 3. The van der Waals surface area contributed by atoms with E-state index in [1.165, 1.54) is 11.3 Å². The maximum absolute atomic E-state index is 11.9. The van der Waals surface area contributed by atoms with Gasteiger partial charge in [-0.25, -0.2) is 4.98 Å². The van der Waals surface area contributed by atoms with Crippen LogP contribution in [-0.4, -0.2) is 33.7 Å². The fourth-order valence-electron chi connectivity index (χ4n) is 2.81. The molecular formula is C21H16Cl2N4O2S. The molecule has 0 radical (unpaired) electrons. The number of hydrogen-bond donors (Lipinski definition) is 1. The topological polar surface area (TPSA) is 69.0 Å². The average molecular weight is 459 g/mol. The minimum Gasteiger partial charge on any atom is -0.497 e. The number of aromatic nitrogens is 3. The molecule has 0 bridgehead atoms. The van der Waals surface area contributed by atoms with Crippen LogP contribution < -0.4 is 10.1 Å². The van der Waals surface area contributed by atoms with Gasteiger partial charge in [0.05, 0.1) is 18.5 Å². The highest BCUT2D eigenvalue weighted by atomic mass is 35.5. The van der Waals surface area contributed by atoms with Crippen LogP contribution in [0.15, 0.2) is 60.0 Å². The first-order valence-corrected chi connectivity index (χ1v) is 10.7. The maximum atomic E-state index is 11.9. The quantitative estimate of drug-likeness (QED) is 0.387. The molecule has 0 aliphatic carbocycles. The summed E-state index contributed by atoms with van der Waals surface area (Å²) in [7, 11) is 1.62. The third-order valence-corrected chi connectivity index (χ3v) is 5.61. The maximum Gasteiger partial charge on any atom is 0.240 e. The van der Waals surface area contributed by atoms with E-state index in [2.05, 4.69) is 15.4 Å².